The Morgan fingerprint density at radius 1 is 0.400 bits per heavy atom. The summed E-state index contributed by atoms with van der Waals surface area (Å²) in [4.78, 5) is 48.4. The smallest absolute Gasteiger partial charge is 0.462 e. The van der Waals surface area contributed by atoms with E-state index in [1.54, 1.807) is 0 Å². The molecule has 0 aliphatic carbocycles. The fourth-order valence-corrected chi connectivity index (χ4v) is 8.30. The van der Waals surface area contributed by atoms with Gasteiger partial charge in [0.25, 0.3) is 0 Å². The summed E-state index contributed by atoms with van der Waals surface area (Å²) in [6.45, 7) is 4.53. The molecule has 0 saturated carbocycles. The highest BCUT2D eigenvalue weighted by molar-refractivity contribution is 7.47. The van der Waals surface area contributed by atoms with Crippen LogP contribution in [0.2, 0.25) is 0 Å². The van der Waals surface area contributed by atoms with Crippen LogP contribution in [0.1, 0.15) is 252 Å². The number of hydrogen-bond acceptors (Lipinski definition) is 10. The predicted octanol–water partition coefficient (Wildman–Crippen LogP) is 16.4. The highest BCUT2D eigenvalue weighted by atomic mass is 31.2. The van der Waals surface area contributed by atoms with Crippen LogP contribution >= 0.6 is 7.82 Å². The first kappa shape index (κ1) is 67.2. The number of phosphoric ester groups is 1. The topological polar surface area (TPSA) is 155 Å². The molecule has 0 fully saturated rings. The lowest BCUT2D eigenvalue weighted by Crippen LogP contribution is -2.30. The summed E-state index contributed by atoms with van der Waals surface area (Å²) in [5, 5.41) is 9.80. The normalized spacial score (nSPS) is 13.8. The molecule has 0 radical (unpaired) electrons. The third-order valence-corrected chi connectivity index (χ3v) is 12.8. The standard InChI is InChI=1S/C58H103O11P/c1-4-7-10-13-16-19-22-24-26-27-29-31-34-37-40-43-46-49-58(62)69-55(51-65-56(60)47-44-41-38-35-32-21-18-15-12-9-6-3)53-67-70(63,64)66-52-54(50-59)68-57(61)48-45-42-39-36-33-30-28-25-23-20-17-14-11-8-5-2/h15-20,24-26,28,54-55,59H,4-14,21-23,27,29-53H2,1-3H3,(H,63,64)/b18-15-,19-16-,20-17-,26-24-,28-25-. The van der Waals surface area contributed by atoms with Crippen LogP contribution in [0.4, 0.5) is 0 Å². The molecule has 0 saturated heterocycles. The van der Waals surface area contributed by atoms with Crippen molar-refractivity contribution in [2.24, 2.45) is 0 Å². The molecule has 0 rings (SSSR count). The van der Waals surface area contributed by atoms with Gasteiger partial charge in [0.15, 0.2) is 6.10 Å². The second-order valence-electron chi connectivity index (χ2n) is 18.7. The molecule has 3 atom stereocenters. The Kier molecular flexibility index (Phi) is 50.4. The van der Waals surface area contributed by atoms with Gasteiger partial charge in [-0.15, -0.1) is 0 Å². The number of aliphatic hydroxyl groups is 1. The van der Waals surface area contributed by atoms with Gasteiger partial charge in [-0.3, -0.25) is 23.4 Å². The number of phosphoric acid groups is 1. The lowest BCUT2D eigenvalue weighted by molar-refractivity contribution is -0.161. The van der Waals surface area contributed by atoms with Gasteiger partial charge in [0.05, 0.1) is 19.8 Å². The Morgan fingerprint density at radius 3 is 1.11 bits per heavy atom. The molecule has 406 valence electrons. The highest BCUT2D eigenvalue weighted by Crippen LogP contribution is 2.43. The fraction of sp³-hybridized carbons (Fsp3) is 0.776. The van der Waals surface area contributed by atoms with Crippen molar-refractivity contribution >= 4 is 25.7 Å². The lowest BCUT2D eigenvalue weighted by atomic mass is 10.1. The van der Waals surface area contributed by atoms with Gasteiger partial charge in [-0.2, -0.15) is 0 Å². The number of esters is 3. The maximum Gasteiger partial charge on any atom is 0.472 e. The molecule has 3 unspecified atom stereocenters. The first-order valence-corrected chi connectivity index (χ1v) is 29.7. The van der Waals surface area contributed by atoms with E-state index in [0.717, 1.165) is 122 Å². The number of rotatable bonds is 52. The minimum atomic E-state index is -4.75. The zero-order chi connectivity index (χ0) is 51.3. The Morgan fingerprint density at radius 2 is 0.714 bits per heavy atom. The summed E-state index contributed by atoms with van der Waals surface area (Å²) < 4.78 is 39.4. The molecule has 11 nitrogen and oxygen atoms in total. The molecule has 0 amide bonds. The summed E-state index contributed by atoms with van der Waals surface area (Å²) in [5.74, 6) is -1.49. The van der Waals surface area contributed by atoms with Crippen molar-refractivity contribution in [1.82, 2.24) is 0 Å². The summed E-state index contributed by atoms with van der Waals surface area (Å²) in [6.07, 6.45) is 56.0. The average Bonchev–Trinajstić information content (AvgIpc) is 3.35. The number of aliphatic hydroxyl groups excluding tert-OH is 1. The van der Waals surface area contributed by atoms with E-state index >= 15 is 0 Å². The Hall–Kier alpha value is -2.82. The van der Waals surface area contributed by atoms with Crippen LogP contribution < -0.4 is 0 Å². The number of ether oxygens (including phenoxy) is 3. The van der Waals surface area contributed by atoms with E-state index in [0.29, 0.717) is 19.3 Å². The molecule has 70 heavy (non-hydrogen) atoms. The molecular weight excluding hydrogens is 904 g/mol. The quantitative estimate of drug-likeness (QED) is 0.0197. The molecule has 0 aromatic rings. The minimum absolute atomic E-state index is 0.156. The van der Waals surface area contributed by atoms with Gasteiger partial charge in [0.1, 0.15) is 12.7 Å². The van der Waals surface area contributed by atoms with Crippen LogP contribution in [-0.2, 0) is 42.2 Å². The van der Waals surface area contributed by atoms with Gasteiger partial charge in [-0.1, -0.05) is 191 Å². The summed E-state index contributed by atoms with van der Waals surface area (Å²) >= 11 is 0. The van der Waals surface area contributed by atoms with Crippen molar-refractivity contribution in [2.75, 3.05) is 26.4 Å². The van der Waals surface area contributed by atoms with E-state index in [1.807, 2.05) is 0 Å². The molecule has 0 aliphatic rings. The Labute approximate surface area is 427 Å². The van der Waals surface area contributed by atoms with Crippen molar-refractivity contribution in [1.29, 1.82) is 0 Å². The molecule has 12 heteroatoms. The van der Waals surface area contributed by atoms with Gasteiger partial charge in [0, 0.05) is 19.3 Å². The first-order valence-electron chi connectivity index (χ1n) is 28.2. The number of carbonyl (C=O) groups excluding carboxylic acids is 3. The second kappa shape index (κ2) is 52.5. The van der Waals surface area contributed by atoms with Gasteiger partial charge >= 0.3 is 25.7 Å². The largest absolute Gasteiger partial charge is 0.472 e. The SMILES string of the molecule is CCCC/C=C\CCCCCCCC(=O)OCC(COP(=O)(O)OCC(CO)OC(=O)CCCCCCC/C=C\C/C=C\CCCCC)OC(=O)CCCCCCCCC/C=C\C/C=C\CCCCC. The Bertz CT molecular complexity index is 1410. The van der Waals surface area contributed by atoms with Crippen LogP contribution in [0.15, 0.2) is 60.8 Å². The molecule has 0 aromatic heterocycles. The van der Waals surface area contributed by atoms with E-state index < -0.39 is 57.8 Å². The first-order chi connectivity index (χ1) is 34.2. The van der Waals surface area contributed by atoms with E-state index in [1.165, 1.54) is 70.6 Å². The van der Waals surface area contributed by atoms with E-state index in [4.69, 9.17) is 23.3 Å². The number of hydrogen-bond donors (Lipinski definition) is 2. The van der Waals surface area contributed by atoms with Crippen LogP contribution in [0, 0.1) is 0 Å². The van der Waals surface area contributed by atoms with Crippen molar-refractivity contribution in [2.45, 2.75) is 264 Å². The number of carbonyl (C=O) groups is 3. The lowest BCUT2D eigenvalue weighted by Gasteiger charge is -2.21. The fourth-order valence-electron chi connectivity index (χ4n) is 7.51. The number of unbranched alkanes of at least 4 members (excludes halogenated alkanes) is 25. The van der Waals surface area contributed by atoms with Crippen molar-refractivity contribution in [3.8, 4) is 0 Å². The monoisotopic (exact) mass is 1010 g/mol. The van der Waals surface area contributed by atoms with E-state index in [9.17, 15) is 28.9 Å². The van der Waals surface area contributed by atoms with Gasteiger partial charge in [0.2, 0.25) is 0 Å². The van der Waals surface area contributed by atoms with E-state index in [2.05, 4.69) is 81.5 Å². The molecule has 2 N–H and O–H groups in total. The van der Waals surface area contributed by atoms with Gasteiger partial charge in [-0.05, 0) is 103 Å². The maximum absolute atomic E-state index is 12.9. The summed E-state index contributed by atoms with van der Waals surface area (Å²) in [7, 11) is -4.75. The highest BCUT2D eigenvalue weighted by Gasteiger charge is 2.28. The van der Waals surface area contributed by atoms with Crippen molar-refractivity contribution in [3.63, 3.8) is 0 Å². The molecule has 0 aliphatic heterocycles. The molecule has 0 heterocycles. The molecular formula is C58H103O11P. The zero-order valence-electron chi connectivity index (χ0n) is 44.7. The number of allylic oxidation sites excluding steroid dienone is 10. The zero-order valence-corrected chi connectivity index (χ0v) is 45.6. The molecule has 0 bridgehead atoms. The van der Waals surface area contributed by atoms with Gasteiger partial charge < -0.3 is 24.2 Å². The van der Waals surface area contributed by atoms with Crippen molar-refractivity contribution in [3.05, 3.63) is 60.8 Å². The molecule has 0 spiro atoms. The van der Waals surface area contributed by atoms with Crippen molar-refractivity contribution < 1.29 is 52.2 Å². The van der Waals surface area contributed by atoms with Gasteiger partial charge in [-0.25, -0.2) is 4.57 Å². The van der Waals surface area contributed by atoms with E-state index in [-0.39, 0.29) is 25.9 Å². The Balaban J connectivity index is 4.72. The summed E-state index contributed by atoms with van der Waals surface area (Å²) in [5.41, 5.74) is 0. The minimum Gasteiger partial charge on any atom is -0.462 e. The van der Waals surface area contributed by atoms with Crippen LogP contribution in [0.5, 0.6) is 0 Å². The molecule has 0 aromatic carbocycles. The predicted molar refractivity (Wildman–Crippen MR) is 288 cm³/mol. The van der Waals surface area contributed by atoms with Crippen LogP contribution in [0.25, 0.3) is 0 Å². The third-order valence-electron chi connectivity index (χ3n) is 11.9. The maximum atomic E-state index is 12.9. The summed E-state index contributed by atoms with van der Waals surface area (Å²) in [6, 6.07) is 0. The average molecular weight is 1010 g/mol. The third kappa shape index (κ3) is 50.1. The second-order valence-corrected chi connectivity index (χ2v) is 20.2. The van der Waals surface area contributed by atoms with Crippen LogP contribution in [0.3, 0.4) is 0 Å². The van der Waals surface area contributed by atoms with Crippen LogP contribution in [-0.4, -0.2) is 66.5 Å².